The lowest BCUT2D eigenvalue weighted by Gasteiger charge is -2.04. The molecule has 3 heterocycles. The molecule has 0 spiro atoms. The Morgan fingerprint density at radius 3 is 3.00 bits per heavy atom. The molecule has 1 atom stereocenters. The van der Waals surface area contributed by atoms with Crippen molar-refractivity contribution < 1.29 is 0 Å². The summed E-state index contributed by atoms with van der Waals surface area (Å²) in [5.41, 5.74) is 9.34. The number of hydrogen-bond donors (Lipinski definition) is 2. The van der Waals surface area contributed by atoms with E-state index in [1.165, 1.54) is 5.39 Å². The molecule has 1 aromatic carbocycles. The van der Waals surface area contributed by atoms with Crippen LogP contribution in [0.15, 0.2) is 35.8 Å². The van der Waals surface area contributed by atoms with Crippen LogP contribution >= 0.6 is 11.3 Å². The van der Waals surface area contributed by atoms with Crippen molar-refractivity contribution in [2.75, 3.05) is 0 Å². The van der Waals surface area contributed by atoms with Crippen LogP contribution in [0.4, 0.5) is 0 Å². The number of aromatic nitrogens is 4. The van der Waals surface area contributed by atoms with E-state index in [0.717, 1.165) is 27.6 Å². The van der Waals surface area contributed by atoms with Crippen molar-refractivity contribution in [2.24, 2.45) is 5.73 Å². The van der Waals surface area contributed by atoms with Gasteiger partial charge >= 0.3 is 0 Å². The average Bonchev–Trinajstić information content (AvgIpc) is 3.11. The van der Waals surface area contributed by atoms with Crippen LogP contribution in [0.25, 0.3) is 27.1 Å². The van der Waals surface area contributed by atoms with Gasteiger partial charge in [0, 0.05) is 28.0 Å². The van der Waals surface area contributed by atoms with Crippen LogP contribution in [0, 0.1) is 0 Å². The number of aromatic amines is 1. The standard InChI is InChI=1S/C14H13N5S/c1-8(15)13-17-18-14-19(13)12(7-20-14)10-6-16-11-5-3-2-4-9(10)11/h2-8,16H,15H2,1H3. The highest BCUT2D eigenvalue weighted by Gasteiger charge is 2.17. The monoisotopic (exact) mass is 283 g/mol. The number of fused-ring (bicyclic) bond motifs is 2. The van der Waals surface area contributed by atoms with E-state index < -0.39 is 0 Å². The lowest BCUT2D eigenvalue weighted by Crippen LogP contribution is -2.09. The number of thiazole rings is 1. The molecule has 20 heavy (non-hydrogen) atoms. The van der Waals surface area contributed by atoms with Crippen LogP contribution in [-0.4, -0.2) is 19.6 Å². The number of nitrogens with zero attached hydrogens (tertiary/aromatic N) is 3. The molecule has 0 saturated heterocycles. The third kappa shape index (κ3) is 1.52. The molecule has 0 radical (unpaired) electrons. The summed E-state index contributed by atoms with van der Waals surface area (Å²) in [5, 5.41) is 11.7. The van der Waals surface area contributed by atoms with Gasteiger partial charge in [-0.1, -0.05) is 18.2 Å². The molecule has 0 saturated carbocycles. The SMILES string of the molecule is CC(N)c1nnc2scc(-c3c[nH]c4ccccc34)n12. The van der Waals surface area contributed by atoms with Crippen molar-refractivity contribution in [1.29, 1.82) is 0 Å². The van der Waals surface area contributed by atoms with Crippen molar-refractivity contribution in [3.8, 4) is 11.3 Å². The fraction of sp³-hybridized carbons (Fsp3) is 0.143. The first-order chi connectivity index (χ1) is 9.75. The van der Waals surface area contributed by atoms with Gasteiger partial charge in [-0.15, -0.1) is 21.5 Å². The molecular formula is C14H13N5S. The number of rotatable bonds is 2. The van der Waals surface area contributed by atoms with Crippen LogP contribution in [0.5, 0.6) is 0 Å². The van der Waals surface area contributed by atoms with Crippen LogP contribution in [0.1, 0.15) is 18.8 Å². The molecule has 100 valence electrons. The van der Waals surface area contributed by atoms with E-state index >= 15 is 0 Å². The van der Waals surface area contributed by atoms with E-state index in [4.69, 9.17) is 5.73 Å². The summed E-state index contributed by atoms with van der Waals surface area (Å²) < 4.78 is 2.05. The summed E-state index contributed by atoms with van der Waals surface area (Å²) in [6, 6.07) is 8.10. The van der Waals surface area contributed by atoms with E-state index in [1.54, 1.807) is 11.3 Å². The molecular weight excluding hydrogens is 270 g/mol. The maximum atomic E-state index is 5.99. The number of hydrogen-bond acceptors (Lipinski definition) is 4. The Labute approximate surface area is 119 Å². The maximum absolute atomic E-state index is 5.99. The normalized spacial score (nSPS) is 13.3. The second kappa shape index (κ2) is 4.16. The summed E-state index contributed by atoms with van der Waals surface area (Å²) in [6.45, 7) is 1.92. The minimum Gasteiger partial charge on any atom is -0.360 e. The third-order valence-electron chi connectivity index (χ3n) is 3.45. The van der Waals surface area contributed by atoms with E-state index in [-0.39, 0.29) is 6.04 Å². The Kier molecular flexibility index (Phi) is 2.42. The van der Waals surface area contributed by atoms with Crippen molar-refractivity contribution in [2.45, 2.75) is 13.0 Å². The van der Waals surface area contributed by atoms with Gasteiger partial charge in [0.1, 0.15) is 0 Å². The van der Waals surface area contributed by atoms with Crippen LogP contribution in [-0.2, 0) is 0 Å². The molecule has 0 aliphatic heterocycles. The van der Waals surface area contributed by atoms with Gasteiger partial charge in [-0.05, 0) is 13.0 Å². The fourth-order valence-electron chi connectivity index (χ4n) is 2.51. The van der Waals surface area contributed by atoms with E-state index in [0.29, 0.717) is 0 Å². The topological polar surface area (TPSA) is 72.0 Å². The zero-order valence-electron chi connectivity index (χ0n) is 10.9. The highest BCUT2D eigenvalue weighted by atomic mass is 32.1. The number of nitrogens with two attached hydrogens (primary N) is 1. The molecule has 1 unspecified atom stereocenters. The zero-order chi connectivity index (χ0) is 13.7. The first kappa shape index (κ1) is 11.6. The van der Waals surface area contributed by atoms with Crippen molar-refractivity contribution >= 4 is 27.2 Å². The second-order valence-electron chi connectivity index (χ2n) is 4.83. The number of H-pyrrole nitrogens is 1. The quantitative estimate of drug-likeness (QED) is 0.594. The molecule has 4 rings (SSSR count). The highest BCUT2D eigenvalue weighted by molar-refractivity contribution is 7.15. The van der Waals surface area contributed by atoms with Crippen molar-refractivity contribution in [3.05, 3.63) is 41.7 Å². The van der Waals surface area contributed by atoms with Gasteiger partial charge in [-0.25, -0.2) is 0 Å². The predicted octanol–water partition coefficient (Wildman–Crippen LogP) is 2.96. The molecule has 0 aliphatic carbocycles. The van der Waals surface area contributed by atoms with Gasteiger partial charge in [-0.2, -0.15) is 0 Å². The first-order valence-electron chi connectivity index (χ1n) is 6.40. The molecule has 0 bridgehead atoms. The van der Waals surface area contributed by atoms with Crippen LogP contribution in [0.3, 0.4) is 0 Å². The molecule has 3 N–H and O–H groups in total. The summed E-state index contributed by atoms with van der Waals surface area (Å²) in [5.74, 6) is 0.793. The fourth-order valence-corrected chi connectivity index (χ4v) is 3.34. The molecule has 3 aromatic heterocycles. The first-order valence-corrected chi connectivity index (χ1v) is 7.28. The van der Waals surface area contributed by atoms with Gasteiger partial charge in [0.15, 0.2) is 5.82 Å². The van der Waals surface area contributed by atoms with Gasteiger partial charge < -0.3 is 10.7 Å². The number of benzene rings is 1. The third-order valence-corrected chi connectivity index (χ3v) is 4.26. The smallest absolute Gasteiger partial charge is 0.216 e. The molecule has 4 aromatic rings. The van der Waals surface area contributed by atoms with E-state index in [2.05, 4.69) is 32.7 Å². The largest absolute Gasteiger partial charge is 0.360 e. The Morgan fingerprint density at radius 2 is 2.15 bits per heavy atom. The van der Waals surface area contributed by atoms with Gasteiger partial charge in [0.05, 0.1) is 11.7 Å². The minimum atomic E-state index is -0.149. The number of nitrogens with one attached hydrogen (secondary N) is 1. The summed E-state index contributed by atoms with van der Waals surface area (Å²) >= 11 is 1.58. The molecule has 0 fully saturated rings. The van der Waals surface area contributed by atoms with Crippen molar-refractivity contribution in [1.82, 2.24) is 19.6 Å². The lowest BCUT2D eigenvalue weighted by molar-refractivity contribution is 0.729. The number of para-hydroxylation sites is 1. The Bertz CT molecular complexity index is 899. The zero-order valence-corrected chi connectivity index (χ0v) is 11.7. The molecule has 0 aliphatic rings. The Hall–Kier alpha value is -2.18. The van der Waals surface area contributed by atoms with E-state index in [9.17, 15) is 0 Å². The maximum Gasteiger partial charge on any atom is 0.216 e. The molecule has 6 heteroatoms. The Balaban J connectivity index is 2.05. The van der Waals surface area contributed by atoms with Gasteiger partial charge in [0.25, 0.3) is 0 Å². The second-order valence-corrected chi connectivity index (χ2v) is 5.67. The highest BCUT2D eigenvalue weighted by Crippen LogP contribution is 2.32. The van der Waals surface area contributed by atoms with Crippen molar-refractivity contribution in [3.63, 3.8) is 0 Å². The lowest BCUT2D eigenvalue weighted by atomic mass is 10.1. The van der Waals surface area contributed by atoms with Gasteiger partial charge in [0.2, 0.25) is 4.96 Å². The summed E-state index contributed by atoms with van der Waals surface area (Å²) in [6.07, 6.45) is 2.02. The Morgan fingerprint density at radius 1 is 1.30 bits per heavy atom. The van der Waals surface area contributed by atoms with E-state index in [1.807, 2.05) is 29.7 Å². The van der Waals surface area contributed by atoms with Crippen LogP contribution < -0.4 is 5.73 Å². The average molecular weight is 283 g/mol. The van der Waals surface area contributed by atoms with Gasteiger partial charge in [-0.3, -0.25) is 4.40 Å². The van der Waals surface area contributed by atoms with Crippen LogP contribution in [0.2, 0.25) is 0 Å². The molecule has 5 nitrogen and oxygen atoms in total. The molecule has 0 amide bonds. The summed E-state index contributed by atoms with van der Waals surface area (Å²) in [4.78, 5) is 4.17. The predicted molar refractivity (Wildman–Crippen MR) is 80.8 cm³/mol. The minimum absolute atomic E-state index is 0.149. The summed E-state index contributed by atoms with van der Waals surface area (Å²) in [7, 11) is 0.